The average Bonchev–Trinajstić information content (AvgIpc) is 2.76. The van der Waals surface area contributed by atoms with Gasteiger partial charge in [-0.15, -0.1) is 0 Å². The van der Waals surface area contributed by atoms with Crippen molar-refractivity contribution >= 4 is 27.1 Å². The van der Waals surface area contributed by atoms with Crippen LogP contribution < -0.4 is 20.9 Å². The normalized spacial score (nSPS) is 10.8. The molecule has 0 saturated heterocycles. The maximum atomic E-state index is 12.2. The lowest BCUT2D eigenvalue weighted by Crippen LogP contribution is -2.14. The van der Waals surface area contributed by atoms with E-state index in [1.807, 2.05) is 32.0 Å². The zero-order valence-corrected chi connectivity index (χ0v) is 19.0. The Labute approximate surface area is 193 Å². The first-order chi connectivity index (χ1) is 15.6. The Balaban J connectivity index is 2.03. The van der Waals surface area contributed by atoms with Crippen LogP contribution in [-0.4, -0.2) is 8.42 Å². The second kappa shape index (κ2) is 9.61. The van der Waals surface area contributed by atoms with E-state index >= 15 is 0 Å². The van der Waals surface area contributed by atoms with E-state index in [9.17, 15) is 8.42 Å². The Hall–Kier alpha value is -4.05. The minimum Gasteiger partial charge on any atom is -0.455 e. The lowest BCUT2D eigenvalue weighted by molar-refractivity contribution is 0.461. The molecule has 0 heterocycles. The summed E-state index contributed by atoms with van der Waals surface area (Å²) in [5, 5.41) is 26.3. The summed E-state index contributed by atoms with van der Waals surface area (Å²) in [6.45, 7) is 3.70. The second-order valence-corrected chi connectivity index (χ2v) is 9.09. The fraction of sp³-hybridized carbons (Fsp3) is 0.167. The van der Waals surface area contributed by atoms with E-state index in [0.717, 1.165) is 16.7 Å². The average molecular weight is 462 g/mol. The SMILES string of the molecule is Cc1cc(CCC#N)cc(C)c1Oc1cc(Nc2ccc(C#N)cc2)c(N)cc1S(N)(=O)=O. The molecule has 33 heavy (non-hydrogen) atoms. The van der Waals surface area contributed by atoms with E-state index in [2.05, 4.69) is 11.4 Å². The summed E-state index contributed by atoms with van der Waals surface area (Å²) in [7, 11) is -4.13. The molecule has 3 aromatic carbocycles. The predicted molar refractivity (Wildman–Crippen MR) is 127 cm³/mol. The summed E-state index contributed by atoms with van der Waals surface area (Å²) in [6.07, 6.45) is 1.01. The highest BCUT2D eigenvalue weighted by Gasteiger charge is 2.21. The van der Waals surface area contributed by atoms with Gasteiger partial charge < -0.3 is 15.8 Å². The summed E-state index contributed by atoms with van der Waals surface area (Å²) < 4.78 is 30.5. The minimum absolute atomic E-state index is 0.0267. The van der Waals surface area contributed by atoms with Gasteiger partial charge in [-0.25, -0.2) is 13.6 Å². The van der Waals surface area contributed by atoms with Gasteiger partial charge in [-0.3, -0.25) is 0 Å². The monoisotopic (exact) mass is 461 g/mol. The fourth-order valence-electron chi connectivity index (χ4n) is 3.43. The topological polar surface area (TPSA) is 155 Å². The van der Waals surface area contributed by atoms with Crippen molar-refractivity contribution in [1.29, 1.82) is 10.5 Å². The van der Waals surface area contributed by atoms with Gasteiger partial charge in [0.2, 0.25) is 10.0 Å². The molecule has 0 unspecified atom stereocenters. The lowest BCUT2D eigenvalue weighted by atomic mass is 10.0. The van der Waals surface area contributed by atoms with Crippen LogP contribution in [0.2, 0.25) is 0 Å². The van der Waals surface area contributed by atoms with Gasteiger partial charge in [0, 0.05) is 18.2 Å². The molecule has 0 bridgehead atoms. The van der Waals surface area contributed by atoms with Crippen LogP contribution in [0.4, 0.5) is 17.1 Å². The van der Waals surface area contributed by atoms with Crippen LogP contribution in [-0.2, 0) is 16.4 Å². The number of primary sulfonamides is 1. The molecule has 5 N–H and O–H groups in total. The summed E-state index contributed by atoms with van der Waals surface area (Å²) in [4.78, 5) is -0.238. The van der Waals surface area contributed by atoms with E-state index in [0.29, 0.717) is 35.5 Å². The molecule has 3 aromatic rings. The number of nitrogens with two attached hydrogens (primary N) is 2. The molecular weight excluding hydrogens is 438 g/mol. The largest absolute Gasteiger partial charge is 0.455 e. The van der Waals surface area contributed by atoms with Gasteiger partial charge in [-0.1, -0.05) is 12.1 Å². The first-order valence-electron chi connectivity index (χ1n) is 10.0. The molecule has 0 spiro atoms. The Morgan fingerprint density at radius 2 is 1.67 bits per heavy atom. The van der Waals surface area contributed by atoms with Gasteiger partial charge in [-0.2, -0.15) is 10.5 Å². The highest BCUT2D eigenvalue weighted by Crippen LogP contribution is 2.38. The molecule has 3 rings (SSSR count). The molecule has 0 aliphatic heterocycles. The maximum absolute atomic E-state index is 12.2. The standard InChI is InChI=1S/C24H23N5O3S/c1-15-10-18(4-3-9-25)11-16(2)24(15)32-22-13-21(20(27)12-23(22)33(28,30)31)29-19-7-5-17(14-26)6-8-19/h5-8,10-13,29H,3-4,27H2,1-2H3,(H2,28,30,31). The number of aryl methyl sites for hydroxylation is 3. The van der Waals surface area contributed by atoms with Crippen molar-refractivity contribution in [2.24, 2.45) is 5.14 Å². The quantitative estimate of drug-likeness (QED) is 0.440. The number of hydrogen-bond acceptors (Lipinski definition) is 7. The predicted octanol–water partition coefficient (Wildman–Crippen LogP) is 4.40. The molecule has 8 nitrogen and oxygen atoms in total. The highest BCUT2D eigenvalue weighted by atomic mass is 32.2. The Bertz CT molecular complexity index is 1360. The van der Waals surface area contributed by atoms with Crippen molar-refractivity contribution in [3.05, 3.63) is 70.8 Å². The van der Waals surface area contributed by atoms with Crippen LogP contribution in [0.5, 0.6) is 11.5 Å². The minimum atomic E-state index is -4.13. The number of anilines is 3. The van der Waals surface area contributed by atoms with Crippen molar-refractivity contribution in [3.63, 3.8) is 0 Å². The van der Waals surface area contributed by atoms with Crippen LogP contribution in [0.1, 0.15) is 28.7 Å². The summed E-state index contributed by atoms with van der Waals surface area (Å²) in [5.74, 6) is 0.522. The van der Waals surface area contributed by atoms with Crippen LogP contribution in [0, 0.1) is 36.5 Å². The number of rotatable bonds is 7. The van der Waals surface area contributed by atoms with Crippen LogP contribution >= 0.6 is 0 Å². The molecule has 0 aromatic heterocycles. The molecule has 9 heteroatoms. The zero-order chi connectivity index (χ0) is 24.2. The van der Waals surface area contributed by atoms with Crippen molar-refractivity contribution < 1.29 is 13.2 Å². The number of nitrogens with zero attached hydrogens (tertiary/aromatic N) is 2. The Kier molecular flexibility index (Phi) is 6.88. The second-order valence-electron chi connectivity index (χ2n) is 7.56. The third-order valence-corrected chi connectivity index (χ3v) is 5.91. The van der Waals surface area contributed by atoms with E-state index < -0.39 is 10.0 Å². The van der Waals surface area contributed by atoms with Crippen LogP contribution in [0.25, 0.3) is 0 Å². The third-order valence-electron chi connectivity index (χ3n) is 4.97. The number of benzene rings is 3. The van der Waals surface area contributed by atoms with Crippen molar-refractivity contribution in [3.8, 4) is 23.6 Å². The fourth-order valence-corrected chi connectivity index (χ4v) is 4.10. The van der Waals surface area contributed by atoms with Gasteiger partial charge in [-0.05, 0) is 67.3 Å². The number of nitrogens with one attached hydrogen (secondary N) is 1. The smallest absolute Gasteiger partial charge is 0.241 e. The van der Waals surface area contributed by atoms with Gasteiger partial charge in [0.15, 0.2) is 0 Å². The summed E-state index contributed by atoms with van der Waals surface area (Å²) >= 11 is 0. The molecule has 0 saturated carbocycles. The number of hydrogen-bond donors (Lipinski definition) is 3. The molecule has 0 aliphatic carbocycles. The lowest BCUT2D eigenvalue weighted by Gasteiger charge is -2.18. The maximum Gasteiger partial charge on any atom is 0.241 e. The van der Waals surface area contributed by atoms with Gasteiger partial charge in [0.1, 0.15) is 16.4 Å². The molecular formula is C24H23N5O3S. The zero-order valence-electron chi connectivity index (χ0n) is 18.2. The number of sulfonamides is 1. The van der Waals surface area contributed by atoms with Gasteiger partial charge >= 0.3 is 0 Å². The van der Waals surface area contributed by atoms with Crippen LogP contribution in [0.3, 0.4) is 0 Å². The molecule has 168 valence electrons. The van der Waals surface area contributed by atoms with E-state index in [1.54, 1.807) is 24.3 Å². The highest BCUT2D eigenvalue weighted by molar-refractivity contribution is 7.89. The van der Waals surface area contributed by atoms with Crippen molar-refractivity contribution in [1.82, 2.24) is 0 Å². The molecule has 0 atom stereocenters. The van der Waals surface area contributed by atoms with Gasteiger partial charge in [0.25, 0.3) is 0 Å². The number of nitrogen functional groups attached to an aromatic ring is 1. The Morgan fingerprint density at radius 3 is 2.21 bits per heavy atom. The summed E-state index contributed by atoms with van der Waals surface area (Å²) in [6, 6.07) is 17.4. The number of ether oxygens (including phenoxy) is 1. The van der Waals surface area contributed by atoms with Crippen molar-refractivity contribution in [2.45, 2.75) is 31.6 Å². The van der Waals surface area contributed by atoms with E-state index in [1.165, 1.54) is 12.1 Å². The summed E-state index contributed by atoms with van der Waals surface area (Å²) in [5.41, 5.74) is 10.4. The molecule has 0 aliphatic rings. The molecule has 0 fully saturated rings. The van der Waals surface area contributed by atoms with Gasteiger partial charge in [0.05, 0.1) is 29.1 Å². The molecule has 0 amide bonds. The molecule has 0 radical (unpaired) electrons. The first-order valence-corrected chi connectivity index (χ1v) is 11.6. The van der Waals surface area contributed by atoms with Crippen LogP contribution in [0.15, 0.2) is 53.4 Å². The number of nitriles is 2. The third kappa shape index (κ3) is 5.60. The van der Waals surface area contributed by atoms with Crippen molar-refractivity contribution in [2.75, 3.05) is 11.1 Å². The van der Waals surface area contributed by atoms with E-state index in [4.69, 9.17) is 26.1 Å². The first kappa shape index (κ1) is 23.6. The Morgan fingerprint density at radius 1 is 1.03 bits per heavy atom. The van der Waals surface area contributed by atoms with E-state index in [-0.39, 0.29) is 16.3 Å².